The maximum atomic E-state index is 13.2. The molecule has 1 saturated carbocycles. The molecule has 2 aromatic heterocycles. The van der Waals surface area contributed by atoms with Gasteiger partial charge in [0.2, 0.25) is 15.9 Å². The minimum absolute atomic E-state index is 0.0196. The fraction of sp³-hybridized carbons (Fsp3) is 0.407. The molecule has 4 rings (SSSR count). The lowest BCUT2D eigenvalue weighted by Gasteiger charge is -2.24. The molecule has 2 heterocycles. The number of anilines is 2. The first-order valence-corrected chi connectivity index (χ1v) is 14.5. The molecule has 38 heavy (non-hydrogen) atoms. The van der Waals surface area contributed by atoms with Crippen LogP contribution in [0.3, 0.4) is 0 Å². The number of carbonyl (C=O) groups is 1. The van der Waals surface area contributed by atoms with Crippen LogP contribution >= 0.6 is 0 Å². The lowest BCUT2D eigenvalue weighted by molar-refractivity contribution is -0.115. The highest BCUT2D eigenvalue weighted by Crippen LogP contribution is 2.38. The maximum absolute atomic E-state index is 13.2. The van der Waals surface area contributed by atoms with E-state index in [2.05, 4.69) is 26.4 Å². The van der Waals surface area contributed by atoms with Crippen molar-refractivity contribution in [3.63, 3.8) is 0 Å². The van der Waals surface area contributed by atoms with Gasteiger partial charge >= 0.3 is 0 Å². The number of aromatic nitrogens is 3. The van der Waals surface area contributed by atoms with Gasteiger partial charge in [0.1, 0.15) is 5.82 Å². The summed E-state index contributed by atoms with van der Waals surface area (Å²) in [5.41, 5.74) is 2.44. The molecule has 1 fully saturated rings. The van der Waals surface area contributed by atoms with Crippen molar-refractivity contribution in [3.05, 3.63) is 66.5 Å². The van der Waals surface area contributed by atoms with E-state index in [0.29, 0.717) is 30.5 Å². The van der Waals surface area contributed by atoms with E-state index in [0.717, 1.165) is 55.3 Å². The number of nitrogens with one attached hydrogen (secondary N) is 1. The van der Waals surface area contributed by atoms with Crippen LogP contribution in [0.2, 0.25) is 0 Å². The zero-order chi connectivity index (χ0) is 27.1. The molecule has 0 bridgehead atoms. The molecule has 1 aromatic carbocycles. The lowest BCUT2D eigenvalue weighted by Crippen LogP contribution is -2.33. The molecule has 0 spiro atoms. The molecular weight excluding hydrogens is 509 g/mol. The van der Waals surface area contributed by atoms with E-state index in [1.54, 1.807) is 23.2 Å². The van der Waals surface area contributed by atoms with Crippen molar-refractivity contribution in [1.82, 2.24) is 15.1 Å². The number of hydrogen-bond donors (Lipinski definition) is 1. The van der Waals surface area contributed by atoms with Gasteiger partial charge in [-0.3, -0.25) is 13.9 Å². The van der Waals surface area contributed by atoms with Crippen molar-refractivity contribution in [2.45, 2.75) is 50.9 Å². The molecule has 11 heteroatoms. The molecular formula is C27H32FN5O4S. The number of carbonyl (C=O) groups excluding carboxylic acids is 1. The van der Waals surface area contributed by atoms with Crippen LogP contribution in [-0.2, 0) is 21.2 Å². The van der Waals surface area contributed by atoms with Crippen LogP contribution in [0.25, 0.3) is 11.1 Å². The molecule has 0 atom stereocenters. The summed E-state index contributed by atoms with van der Waals surface area (Å²) in [4.78, 5) is 23.4. The Morgan fingerprint density at radius 2 is 2.00 bits per heavy atom. The van der Waals surface area contributed by atoms with Gasteiger partial charge in [-0.25, -0.2) is 13.4 Å². The number of rotatable bonds is 14. The summed E-state index contributed by atoms with van der Waals surface area (Å²) in [7, 11) is -3.43. The quantitative estimate of drug-likeness (QED) is 0.224. The Hall–Kier alpha value is -3.60. The molecule has 9 nitrogen and oxygen atoms in total. The van der Waals surface area contributed by atoms with Crippen molar-refractivity contribution in [2.24, 2.45) is 0 Å². The molecule has 0 radical (unpaired) electrons. The number of benzene rings is 1. The van der Waals surface area contributed by atoms with E-state index in [4.69, 9.17) is 4.52 Å². The fourth-order valence-electron chi connectivity index (χ4n) is 4.03. The number of nitrogens with zero attached hydrogens (tertiary/aromatic N) is 4. The second-order valence-corrected chi connectivity index (χ2v) is 11.2. The maximum Gasteiger partial charge on any atom is 0.253 e. The second kappa shape index (κ2) is 12.3. The normalized spacial score (nSPS) is 13.3. The van der Waals surface area contributed by atoms with Crippen LogP contribution in [0.15, 0.2) is 59.3 Å². The third-order valence-electron chi connectivity index (χ3n) is 6.19. The molecule has 0 unspecified atom stereocenters. The highest BCUT2D eigenvalue weighted by molar-refractivity contribution is 7.92. The monoisotopic (exact) mass is 541 g/mol. The van der Waals surface area contributed by atoms with Crippen molar-refractivity contribution in [2.75, 3.05) is 29.1 Å². The van der Waals surface area contributed by atoms with E-state index < -0.39 is 16.7 Å². The molecule has 0 aliphatic heterocycles. The summed E-state index contributed by atoms with van der Waals surface area (Å²) in [5.74, 6) is 1.82. The second-order valence-electron chi connectivity index (χ2n) is 9.49. The number of alkyl halides is 1. The van der Waals surface area contributed by atoms with E-state index >= 15 is 0 Å². The summed E-state index contributed by atoms with van der Waals surface area (Å²) in [6, 6.07) is 10.7. The molecule has 1 N–H and O–H groups in total. The number of sulfonamides is 1. The van der Waals surface area contributed by atoms with Gasteiger partial charge in [-0.05, 0) is 55.5 Å². The number of pyridine rings is 1. The molecule has 0 saturated heterocycles. The van der Waals surface area contributed by atoms with Crippen molar-refractivity contribution >= 4 is 27.4 Å². The molecule has 3 aromatic rings. The minimum atomic E-state index is -3.43. The van der Waals surface area contributed by atoms with E-state index in [1.807, 2.05) is 24.3 Å². The predicted molar refractivity (Wildman–Crippen MR) is 144 cm³/mol. The Balaban J connectivity index is 1.42. The standard InChI is InChI=1S/C27H32FN5O4S/c1-19(14-15-28)27(34)33(16-5-3-4-9-25-30-26(31-37-25)20-10-11-20)23-8-6-7-21(17-23)22-12-13-24(29-18-22)32-38(2,35)36/h6-8,12-13,17-18,20H,1,3-5,9-11,14-16H2,2H3,(H,29,32). The first-order chi connectivity index (χ1) is 18.2. The summed E-state index contributed by atoms with van der Waals surface area (Å²) in [6.07, 6.45) is 7.97. The first-order valence-electron chi connectivity index (χ1n) is 12.7. The fourth-order valence-corrected chi connectivity index (χ4v) is 4.53. The average molecular weight is 542 g/mol. The SMILES string of the molecule is C=C(CCF)C(=O)N(CCCCCc1nc(C2CC2)no1)c1cccc(-c2ccc(NS(C)(=O)=O)nc2)c1. The predicted octanol–water partition coefficient (Wildman–Crippen LogP) is 5.04. The number of unbranched alkanes of at least 4 members (excludes halogenated alkanes) is 2. The van der Waals surface area contributed by atoms with Gasteiger partial charge in [0.05, 0.1) is 12.9 Å². The Bertz CT molecular complexity index is 1370. The van der Waals surface area contributed by atoms with Crippen LogP contribution in [0.1, 0.15) is 56.2 Å². The highest BCUT2D eigenvalue weighted by Gasteiger charge is 2.28. The minimum Gasteiger partial charge on any atom is -0.339 e. The van der Waals surface area contributed by atoms with Crippen LogP contribution in [0, 0.1) is 0 Å². The Kier molecular flexibility index (Phi) is 8.88. The van der Waals surface area contributed by atoms with Gasteiger partial charge in [0, 0.05) is 48.3 Å². The molecule has 1 amide bonds. The largest absolute Gasteiger partial charge is 0.339 e. The smallest absolute Gasteiger partial charge is 0.253 e. The van der Waals surface area contributed by atoms with Gasteiger partial charge in [-0.2, -0.15) is 4.98 Å². The summed E-state index contributed by atoms with van der Waals surface area (Å²) in [6.45, 7) is 3.59. The Morgan fingerprint density at radius 3 is 2.68 bits per heavy atom. The van der Waals surface area contributed by atoms with Gasteiger partial charge < -0.3 is 9.42 Å². The van der Waals surface area contributed by atoms with Crippen molar-refractivity contribution in [3.8, 4) is 11.1 Å². The van der Waals surface area contributed by atoms with Crippen LogP contribution in [-0.4, -0.2) is 48.9 Å². The van der Waals surface area contributed by atoms with Crippen LogP contribution < -0.4 is 9.62 Å². The number of halogens is 1. The zero-order valence-electron chi connectivity index (χ0n) is 21.4. The van der Waals surface area contributed by atoms with Crippen molar-refractivity contribution < 1.29 is 22.1 Å². The summed E-state index contributed by atoms with van der Waals surface area (Å²) in [5, 5.41) is 4.04. The van der Waals surface area contributed by atoms with Gasteiger partial charge in [0.15, 0.2) is 5.82 Å². The molecule has 1 aliphatic rings. The van der Waals surface area contributed by atoms with Crippen molar-refractivity contribution in [1.29, 1.82) is 0 Å². The van der Waals surface area contributed by atoms with E-state index in [-0.39, 0.29) is 23.7 Å². The summed E-state index contributed by atoms with van der Waals surface area (Å²) < 4.78 is 43.5. The van der Waals surface area contributed by atoms with Gasteiger partial charge in [-0.1, -0.05) is 30.3 Å². The molecule has 202 valence electrons. The van der Waals surface area contributed by atoms with E-state index in [9.17, 15) is 17.6 Å². The third kappa shape index (κ3) is 7.70. The van der Waals surface area contributed by atoms with Gasteiger partial charge in [-0.15, -0.1) is 0 Å². The van der Waals surface area contributed by atoms with Crippen LogP contribution in [0.5, 0.6) is 0 Å². The lowest BCUT2D eigenvalue weighted by atomic mass is 10.1. The van der Waals surface area contributed by atoms with Gasteiger partial charge in [0.25, 0.3) is 5.91 Å². The third-order valence-corrected chi connectivity index (χ3v) is 6.77. The summed E-state index contributed by atoms with van der Waals surface area (Å²) >= 11 is 0. The van der Waals surface area contributed by atoms with E-state index in [1.165, 1.54) is 0 Å². The number of aryl methyl sites for hydroxylation is 1. The first kappa shape index (κ1) is 27.4. The topological polar surface area (TPSA) is 118 Å². The molecule has 1 aliphatic carbocycles. The Morgan fingerprint density at radius 1 is 1.18 bits per heavy atom. The van der Waals surface area contributed by atoms with Crippen LogP contribution in [0.4, 0.5) is 15.9 Å². The average Bonchev–Trinajstić information content (AvgIpc) is 3.63. The zero-order valence-corrected chi connectivity index (χ0v) is 22.2. The highest BCUT2D eigenvalue weighted by atomic mass is 32.2. The Labute approximate surface area is 222 Å². The number of hydrogen-bond acceptors (Lipinski definition) is 7. The number of amides is 1.